The number of carbonyl (C=O) groups is 1. The molecule has 1 atom stereocenters. The number of quaternary nitrogens is 2. The molecular weight excluding hydrogens is 398 g/mol. The summed E-state index contributed by atoms with van der Waals surface area (Å²) >= 11 is 0. The van der Waals surface area contributed by atoms with Crippen molar-refractivity contribution in [2.45, 2.75) is 12.6 Å². The predicted molar refractivity (Wildman–Crippen MR) is 126 cm³/mol. The van der Waals surface area contributed by atoms with Crippen molar-refractivity contribution in [3.05, 3.63) is 102 Å². The minimum Gasteiger partial charge on any atom is -0.497 e. The summed E-state index contributed by atoms with van der Waals surface area (Å²) in [4.78, 5) is 16.0. The van der Waals surface area contributed by atoms with Gasteiger partial charge in [0.25, 0.3) is 5.91 Å². The van der Waals surface area contributed by atoms with Crippen molar-refractivity contribution in [3.8, 4) is 5.75 Å². The van der Waals surface area contributed by atoms with Gasteiger partial charge in [-0.3, -0.25) is 4.79 Å². The number of ether oxygens (including phenoxy) is 1. The van der Waals surface area contributed by atoms with Crippen LogP contribution in [0.5, 0.6) is 5.75 Å². The molecule has 32 heavy (non-hydrogen) atoms. The lowest BCUT2D eigenvalue weighted by Gasteiger charge is -2.30. The van der Waals surface area contributed by atoms with Crippen LogP contribution in [-0.2, 0) is 11.3 Å². The van der Waals surface area contributed by atoms with Gasteiger partial charge >= 0.3 is 0 Å². The first kappa shape index (κ1) is 22.1. The van der Waals surface area contributed by atoms with Gasteiger partial charge in [0.15, 0.2) is 6.54 Å². The van der Waals surface area contributed by atoms with Gasteiger partial charge in [-0.2, -0.15) is 0 Å². The summed E-state index contributed by atoms with van der Waals surface area (Å²) in [6.45, 7) is 5.81. The van der Waals surface area contributed by atoms with E-state index in [9.17, 15) is 4.79 Å². The third-order valence-corrected chi connectivity index (χ3v) is 6.26. The van der Waals surface area contributed by atoms with Gasteiger partial charge in [-0.25, -0.2) is 0 Å². The summed E-state index contributed by atoms with van der Waals surface area (Å²) in [5, 5.41) is 3.28. The number of methoxy groups -OCH3 is 1. The molecule has 1 amide bonds. The van der Waals surface area contributed by atoms with Crippen LogP contribution in [0.15, 0.2) is 84.9 Å². The Morgan fingerprint density at radius 2 is 1.38 bits per heavy atom. The average Bonchev–Trinajstić information content (AvgIpc) is 2.85. The Hall–Kier alpha value is -3.15. The van der Waals surface area contributed by atoms with Crippen LogP contribution >= 0.6 is 0 Å². The number of piperazine rings is 1. The molecule has 1 aliphatic rings. The van der Waals surface area contributed by atoms with Crippen LogP contribution in [0.3, 0.4) is 0 Å². The van der Waals surface area contributed by atoms with E-state index in [4.69, 9.17) is 4.74 Å². The molecule has 5 heteroatoms. The molecule has 4 rings (SSSR count). The van der Waals surface area contributed by atoms with Crippen LogP contribution in [0.1, 0.15) is 22.7 Å². The number of rotatable bonds is 8. The van der Waals surface area contributed by atoms with E-state index in [1.165, 1.54) is 10.5 Å². The van der Waals surface area contributed by atoms with Crippen LogP contribution in [-0.4, -0.2) is 45.7 Å². The second kappa shape index (κ2) is 10.9. The van der Waals surface area contributed by atoms with E-state index in [-0.39, 0.29) is 11.9 Å². The Morgan fingerprint density at radius 3 is 2.00 bits per heavy atom. The van der Waals surface area contributed by atoms with E-state index in [0.717, 1.165) is 49.6 Å². The second-order valence-corrected chi connectivity index (χ2v) is 8.52. The minimum absolute atomic E-state index is 0.0937. The maximum atomic E-state index is 13.0. The highest BCUT2D eigenvalue weighted by Crippen LogP contribution is 2.24. The molecule has 1 aliphatic heterocycles. The van der Waals surface area contributed by atoms with Gasteiger partial charge < -0.3 is 19.9 Å². The lowest BCUT2D eigenvalue weighted by Crippen LogP contribution is -3.28. The quantitative estimate of drug-likeness (QED) is 0.496. The van der Waals surface area contributed by atoms with Crippen LogP contribution in [0.4, 0.5) is 0 Å². The topological polar surface area (TPSA) is 47.2 Å². The zero-order chi connectivity index (χ0) is 22.2. The molecule has 0 aliphatic carbocycles. The van der Waals surface area contributed by atoms with Crippen molar-refractivity contribution in [1.82, 2.24) is 5.32 Å². The maximum Gasteiger partial charge on any atom is 0.275 e. The molecule has 1 saturated heterocycles. The highest BCUT2D eigenvalue weighted by atomic mass is 16.5. The van der Waals surface area contributed by atoms with Crippen LogP contribution in [0, 0.1) is 0 Å². The molecule has 0 aromatic heterocycles. The molecule has 3 N–H and O–H groups in total. The fraction of sp³-hybridized carbons (Fsp3) is 0.296. The first-order chi connectivity index (χ1) is 15.7. The third kappa shape index (κ3) is 5.96. The predicted octanol–water partition coefficient (Wildman–Crippen LogP) is 0.884. The third-order valence-electron chi connectivity index (χ3n) is 6.26. The number of nitrogens with one attached hydrogen (secondary N) is 3. The molecular formula is C27H33N3O2+2. The first-order valence-corrected chi connectivity index (χ1v) is 11.4. The van der Waals surface area contributed by atoms with Gasteiger partial charge in [0.2, 0.25) is 0 Å². The highest BCUT2D eigenvalue weighted by molar-refractivity contribution is 5.78. The van der Waals surface area contributed by atoms with Crippen molar-refractivity contribution in [1.29, 1.82) is 0 Å². The molecule has 3 aromatic rings. The number of hydrogen-bond donors (Lipinski definition) is 3. The van der Waals surface area contributed by atoms with Crippen molar-refractivity contribution in [3.63, 3.8) is 0 Å². The van der Waals surface area contributed by atoms with Crippen molar-refractivity contribution in [2.75, 3.05) is 39.8 Å². The lowest BCUT2D eigenvalue weighted by atomic mass is 9.98. The van der Waals surface area contributed by atoms with E-state index >= 15 is 0 Å². The number of carbonyl (C=O) groups excluding carboxylic acids is 1. The van der Waals surface area contributed by atoms with Gasteiger partial charge in [-0.05, 0) is 23.3 Å². The smallest absolute Gasteiger partial charge is 0.275 e. The summed E-state index contributed by atoms with van der Waals surface area (Å²) in [6.07, 6.45) is 0. The van der Waals surface area contributed by atoms with Crippen LogP contribution in [0.2, 0.25) is 0 Å². The molecule has 0 bridgehead atoms. The SMILES string of the molecule is COc1ccc([C@@H](NC(=O)C[NH+]2CC[NH+](Cc3ccccc3)CC2)c2ccccc2)cc1. The fourth-order valence-corrected chi connectivity index (χ4v) is 4.44. The van der Waals surface area contributed by atoms with Crippen molar-refractivity contribution < 1.29 is 19.3 Å². The molecule has 0 spiro atoms. The standard InChI is InChI=1S/C27H31N3O2/c1-32-25-14-12-24(13-15-25)27(23-10-6-3-7-11-23)28-26(31)21-30-18-16-29(17-19-30)20-22-8-4-2-5-9-22/h2-15,27H,16-21H2,1H3,(H,28,31)/p+2/t27-/m0/s1. The number of hydrogen-bond acceptors (Lipinski definition) is 2. The Labute approximate surface area is 190 Å². The number of benzene rings is 3. The van der Waals surface area contributed by atoms with E-state index in [1.54, 1.807) is 12.0 Å². The highest BCUT2D eigenvalue weighted by Gasteiger charge is 2.26. The molecule has 0 radical (unpaired) electrons. The molecule has 166 valence electrons. The Balaban J connectivity index is 1.34. The summed E-state index contributed by atoms with van der Waals surface area (Å²) in [6, 6.07) is 28.6. The molecule has 3 aromatic carbocycles. The Bertz CT molecular complexity index is 969. The molecule has 5 nitrogen and oxygen atoms in total. The normalized spacial score (nSPS) is 19.2. The van der Waals surface area contributed by atoms with E-state index in [0.29, 0.717) is 6.54 Å². The average molecular weight is 432 g/mol. The molecule has 0 saturated carbocycles. The molecule has 1 heterocycles. The summed E-state index contributed by atoms with van der Waals surface area (Å²) in [5.74, 6) is 0.906. The van der Waals surface area contributed by atoms with Gasteiger partial charge in [-0.15, -0.1) is 0 Å². The lowest BCUT2D eigenvalue weighted by molar-refractivity contribution is -1.02. The van der Waals surface area contributed by atoms with Gasteiger partial charge in [0.05, 0.1) is 13.2 Å². The summed E-state index contributed by atoms with van der Waals surface area (Å²) < 4.78 is 5.29. The van der Waals surface area contributed by atoms with Crippen molar-refractivity contribution >= 4 is 5.91 Å². The molecule has 0 unspecified atom stereocenters. The van der Waals surface area contributed by atoms with Crippen LogP contribution < -0.4 is 19.9 Å². The van der Waals surface area contributed by atoms with E-state index in [2.05, 4.69) is 47.8 Å². The maximum absolute atomic E-state index is 13.0. The zero-order valence-corrected chi connectivity index (χ0v) is 18.7. The van der Waals surface area contributed by atoms with Crippen molar-refractivity contribution in [2.24, 2.45) is 0 Å². The van der Waals surface area contributed by atoms with Gasteiger partial charge in [-0.1, -0.05) is 72.8 Å². The monoisotopic (exact) mass is 431 g/mol. The van der Waals surface area contributed by atoms with Crippen LogP contribution in [0.25, 0.3) is 0 Å². The largest absolute Gasteiger partial charge is 0.497 e. The second-order valence-electron chi connectivity index (χ2n) is 8.52. The molecule has 1 fully saturated rings. The fourth-order valence-electron chi connectivity index (χ4n) is 4.44. The zero-order valence-electron chi connectivity index (χ0n) is 18.7. The van der Waals surface area contributed by atoms with E-state index in [1.807, 2.05) is 42.5 Å². The van der Waals surface area contributed by atoms with Gasteiger partial charge in [0.1, 0.15) is 38.5 Å². The summed E-state index contributed by atoms with van der Waals surface area (Å²) in [5.41, 5.74) is 3.52. The number of amides is 1. The Morgan fingerprint density at radius 1 is 0.812 bits per heavy atom. The van der Waals surface area contributed by atoms with E-state index < -0.39 is 0 Å². The Kier molecular flexibility index (Phi) is 7.54. The minimum atomic E-state index is -0.168. The van der Waals surface area contributed by atoms with Gasteiger partial charge in [0, 0.05) is 5.56 Å². The summed E-state index contributed by atoms with van der Waals surface area (Å²) in [7, 11) is 1.66. The first-order valence-electron chi connectivity index (χ1n) is 11.4.